The van der Waals surface area contributed by atoms with Crippen LogP contribution in [0.15, 0.2) is 63.9 Å². The third-order valence-corrected chi connectivity index (χ3v) is 4.19. The molecule has 0 aliphatic carbocycles. The van der Waals surface area contributed by atoms with Gasteiger partial charge in [-0.15, -0.1) is 11.8 Å². The van der Waals surface area contributed by atoms with Gasteiger partial charge in [0.2, 0.25) is 0 Å². The largest absolute Gasteiger partial charge is 0.464 e. The Kier molecular flexibility index (Phi) is 4.09. The van der Waals surface area contributed by atoms with Crippen LogP contribution < -0.4 is 5.32 Å². The van der Waals surface area contributed by atoms with E-state index in [9.17, 15) is 0 Å². The molecule has 0 bridgehead atoms. The van der Waals surface area contributed by atoms with Crippen molar-refractivity contribution in [2.45, 2.75) is 17.2 Å². The fourth-order valence-corrected chi connectivity index (χ4v) is 3.02. The Morgan fingerprint density at radius 1 is 0.950 bits per heavy atom. The lowest BCUT2D eigenvalue weighted by Crippen LogP contribution is -2.03. The molecule has 3 rings (SSSR count). The molecule has 0 unspecified atom stereocenters. The molecular weight excluding hydrogens is 266 g/mol. The van der Waals surface area contributed by atoms with Crippen LogP contribution in [0.25, 0.3) is 10.8 Å². The van der Waals surface area contributed by atoms with E-state index < -0.39 is 0 Å². The van der Waals surface area contributed by atoms with E-state index in [1.54, 1.807) is 11.8 Å². The minimum Gasteiger partial charge on any atom is -0.464 e. The molecule has 102 valence electrons. The number of nitrogens with one attached hydrogen (secondary N) is 1. The molecule has 2 aromatic carbocycles. The van der Waals surface area contributed by atoms with E-state index in [0.717, 1.165) is 23.8 Å². The highest BCUT2D eigenvalue weighted by Crippen LogP contribution is 2.27. The van der Waals surface area contributed by atoms with Gasteiger partial charge in [0.25, 0.3) is 0 Å². The zero-order chi connectivity index (χ0) is 13.8. The molecule has 1 aromatic heterocycles. The molecule has 0 fully saturated rings. The first-order valence-corrected chi connectivity index (χ1v) is 7.67. The molecule has 1 N–H and O–H groups in total. The topological polar surface area (TPSA) is 25.2 Å². The van der Waals surface area contributed by atoms with E-state index in [1.165, 1.54) is 15.7 Å². The summed E-state index contributed by atoms with van der Waals surface area (Å²) in [7, 11) is 1.92. The standard InChI is InChI=1S/C17H17NOS/c1-18-11-15-7-8-16(19-15)12-20-17-9-6-13-4-2-3-5-14(13)10-17/h2-10,18H,11-12H2,1H3. The minimum absolute atomic E-state index is 0.778. The number of rotatable bonds is 5. The Labute approximate surface area is 123 Å². The summed E-state index contributed by atoms with van der Waals surface area (Å²) in [4.78, 5) is 1.27. The van der Waals surface area contributed by atoms with E-state index in [2.05, 4.69) is 53.8 Å². The van der Waals surface area contributed by atoms with Crippen molar-refractivity contribution < 1.29 is 4.42 Å². The molecule has 0 saturated carbocycles. The Balaban J connectivity index is 1.69. The third kappa shape index (κ3) is 3.06. The van der Waals surface area contributed by atoms with Gasteiger partial charge in [-0.1, -0.05) is 30.3 Å². The zero-order valence-corrected chi connectivity index (χ0v) is 12.2. The molecular formula is C17H17NOS. The summed E-state index contributed by atoms with van der Waals surface area (Å²) in [5.74, 6) is 2.87. The van der Waals surface area contributed by atoms with Gasteiger partial charge in [-0.05, 0) is 42.1 Å². The van der Waals surface area contributed by atoms with Crippen molar-refractivity contribution in [3.63, 3.8) is 0 Å². The average molecular weight is 283 g/mol. The van der Waals surface area contributed by atoms with Crippen molar-refractivity contribution in [1.82, 2.24) is 5.32 Å². The molecule has 3 heteroatoms. The number of thioether (sulfide) groups is 1. The lowest BCUT2D eigenvalue weighted by atomic mass is 10.1. The van der Waals surface area contributed by atoms with Crippen molar-refractivity contribution in [2.24, 2.45) is 0 Å². The molecule has 20 heavy (non-hydrogen) atoms. The normalized spacial score (nSPS) is 11.1. The number of fused-ring (bicyclic) bond motifs is 1. The van der Waals surface area contributed by atoms with Crippen molar-refractivity contribution in [1.29, 1.82) is 0 Å². The summed E-state index contributed by atoms with van der Waals surface area (Å²) in [5.41, 5.74) is 0. The number of benzene rings is 2. The molecule has 0 saturated heterocycles. The third-order valence-electron chi connectivity index (χ3n) is 3.17. The fourth-order valence-electron chi connectivity index (χ4n) is 2.18. The van der Waals surface area contributed by atoms with Gasteiger partial charge in [-0.25, -0.2) is 0 Å². The van der Waals surface area contributed by atoms with Crippen LogP contribution in [0.4, 0.5) is 0 Å². The SMILES string of the molecule is CNCc1ccc(CSc2ccc3ccccc3c2)o1. The summed E-state index contributed by atoms with van der Waals surface area (Å²) in [6.07, 6.45) is 0. The first kappa shape index (κ1) is 13.3. The van der Waals surface area contributed by atoms with Gasteiger partial charge in [0.05, 0.1) is 12.3 Å². The van der Waals surface area contributed by atoms with Crippen molar-refractivity contribution in [3.8, 4) is 0 Å². The fraction of sp³-hybridized carbons (Fsp3) is 0.176. The maximum Gasteiger partial charge on any atom is 0.117 e. The van der Waals surface area contributed by atoms with E-state index in [0.29, 0.717) is 0 Å². The summed E-state index contributed by atoms with van der Waals surface area (Å²) in [5, 5.41) is 5.66. The van der Waals surface area contributed by atoms with Crippen molar-refractivity contribution in [3.05, 3.63) is 66.1 Å². The van der Waals surface area contributed by atoms with Gasteiger partial charge in [-0.2, -0.15) is 0 Å². The highest BCUT2D eigenvalue weighted by atomic mass is 32.2. The molecule has 0 atom stereocenters. The first-order chi connectivity index (χ1) is 9.85. The summed E-state index contributed by atoms with van der Waals surface area (Å²) in [6.45, 7) is 0.778. The molecule has 0 spiro atoms. The second-order valence-electron chi connectivity index (χ2n) is 4.70. The van der Waals surface area contributed by atoms with E-state index >= 15 is 0 Å². The highest BCUT2D eigenvalue weighted by molar-refractivity contribution is 7.98. The predicted octanol–water partition coefficient (Wildman–Crippen LogP) is 4.44. The van der Waals surface area contributed by atoms with Crippen LogP contribution in [-0.2, 0) is 12.3 Å². The Hall–Kier alpha value is -1.71. The highest BCUT2D eigenvalue weighted by Gasteiger charge is 2.03. The smallest absolute Gasteiger partial charge is 0.117 e. The van der Waals surface area contributed by atoms with Gasteiger partial charge < -0.3 is 9.73 Å². The maximum absolute atomic E-state index is 5.75. The zero-order valence-electron chi connectivity index (χ0n) is 11.4. The van der Waals surface area contributed by atoms with E-state index in [1.807, 2.05) is 13.1 Å². The van der Waals surface area contributed by atoms with Crippen molar-refractivity contribution >= 4 is 22.5 Å². The molecule has 2 nitrogen and oxygen atoms in total. The summed E-state index contributed by atoms with van der Waals surface area (Å²) >= 11 is 1.81. The predicted molar refractivity (Wildman–Crippen MR) is 85.0 cm³/mol. The molecule has 0 amide bonds. The van der Waals surface area contributed by atoms with Crippen LogP contribution in [0.1, 0.15) is 11.5 Å². The Bertz CT molecular complexity index is 705. The van der Waals surface area contributed by atoms with Crippen molar-refractivity contribution in [2.75, 3.05) is 7.05 Å². The summed E-state index contributed by atoms with van der Waals surface area (Å²) in [6, 6.07) is 19.1. The van der Waals surface area contributed by atoms with Crippen LogP contribution in [0.3, 0.4) is 0 Å². The Morgan fingerprint density at radius 2 is 1.75 bits per heavy atom. The van der Waals surface area contributed by atoms with Gasteiger partial charge in [0.15, 0.2) is 0 Å². The quantitative estimate of drug-likeness (QED) is 0.701. The van der Waals surface area contributed by atoms with Crippen LogP contribution in [0.5, 0.6) is 0 Å². The van der Waals surface area contributed by atoms with Crippen LogP contribution >= 0.6 is 11.8 Å². The van der Waals surface area contributed by atoms with Gasteiger partial charge in [0, 0.05) is 4.90 Å². The molecule has 1 heterocycles. The minimum atomic E-state index is 0.778. The molecule has 0 aliphatic heterocycles. The van der Waals surface area contributed by atoms with E-state index in [4.69, 9.17) is 4.42 Å². The number of hydrogen-bond acceptors (Lipinski definition) is 3. The lowest BCUT2D eigenvalue weighted by molar-refractivity contribution is 0.469. The molecule has 0 radical (unpaired) electrons. The molecule has 0 aliphatic rings. The van der Waals surface area contributed by atoms with Gasteiger partial charge in [-0.3, -0.25) is 0 Å². The van der Waals surface area contributed by atoms with Gasteiger partial charge in [0.1, 0.15) is 11.5 Å². The average Bonchev–Trinajstić information content (AvgIpc) is 2.93. The molecule has 3 aromatic rings. The maximum atomic E-state index is 5.75. The van der Waals surface area contributed by atoms with Crippen LogP contribution in [0, 0.1) is 0 Å². The van der Waals surface area contributed by atoms with Gasteiger partial charge >= 0.3 is 0 Å². The summed E-state index contributed by atoms with van der Waals surface area (Å²) < 4.78 is 5.75. The number of hydrogen-bond donors (Lipinski definition) is 1. The van der Waals surface area contributed by atoms with Crippen LogP contribution in [-0.4, -0.2) is 7.05 Å². The monoisotopic (exact) mass is 283 g/mol. The van der Waals surface area contributed by atoms with E-state index in [-0.39, 0.29) is 0 Å². The first-order valence-electron chi connectivity index (χ1n) is 6.69. The number of furan rings is 1. The lowest BCUT2D eigenvalue weighted by Gasteiger charge is -2.02. The van der Waals surface area contributed by atoms with Crippen LogP contribution in [0.2, 0.25) is 0 Å². The Morgan fingerprint density at radius 3 is 2.60 bits per heavy atom. The second kappa shape index (κ2) is 6.16. The second-order valence-corrected chi connectivity index (χ2v) is 5.74.